The van der Waals surface area contributed by atoms with Gasteiger partial charge in [-0.05, 0) is 60.4 Å². The van der Waals surface area contributed by atoms with Gasteiger partial charge in [0.05, 0.1) is 0 Å². The lowest BCUT2D eigenvalue weighted by Crippen LogP contribution is -2.35. The van der Waals surface area contributed by atoms with Crippen LogP contribution in [0.3, 0.4) is 0 Å². The molecule has 2 heterocycles. The summed E-state index contributed by atoms with van der Waals surface area (Å²) in [4.78, 5) is 16.6. The number of likely N-dealkylation sites (tertiary alicyclic amines) is 1. The third-order valence-corrected chi connectivity index (χ3v) is 3.70. The molecule has 0 radical (unpaired) electrons. The first-order valence-electron chi connectivity index (χ1n) is 6.76. The molecule has 1 aromatic heterocycles. The largest absolute Gasteiger partial charge is 0.386 e. The van der Waals surface area contributed by atoms with Gasteiger partial charge in [-0.25, -0.2) is 0 Å². The van der Waals surface area contributed by atoms with Gasteiger partial charge in [0.15, 0.2) is 0 Å². The molecule has 1 saturated heterocycles. The Hall–Kier alpha value is -1.69. The molecular formula is C13H20N4O2. The van der Waals surface area contributed by atoms with Crippen LogP contribution in [0.4, 0.5) is 11.5 Å². The van der Waals surface area contributed by atoms with E-state index in [1.54, 1.807) is 12.1 Å². The van der Waals surface area contributed by atoms with Crippen molar-refractivity contribution in [1.29, 1.82) is 0 Å². The third-order valence-electron chi connectivity index (χ3n) is 3.70. The molecule has 1 aliphatic rings. The first-order valence-corrected chi connectivity index (χ1v) is 6.76. The predicted octanol–water partition coefficient (Wildman–Crippen LogP) is 2.13. The normalized spacial score (nSPS) is 17.3. The van der Waals surface area contributed by atoms with Crippen LogP contribution >= 0.6 is 0 Å². The first-order chi connectivity index (χ1) is 9.20. The van der Waals surface area contributed by atoms with Gasteiger partial charge in [-0.15, -0.1) is 0 Å². The number of aromatic nitrogens is 1. The van der Waals surface area contributed by atoms with E-state index in [0.717, 1.165) is 39.0 Å². The maximum atomic E-state index is 10.9. The summed E-state index contributed by atoms with van der Waals surface area (Å²) in [5, 5.41) is 14.0. The third kappa shape index (κ3) is 3.64. The average Bonchev–Trinajstić information content (AvgIpc) is 2.46. The summed E-state index contributed by atoms with van der Waals surface area (Å²) in [5.41, 5.74) is 0.519. The number of hydrogen-bond acceptors (Lipinski definition) is 5. The summed E-state index contributed by atoms with van der Waals surface area (Å²) >= 11 is 0. The van der Waals surface area contributed by atoms with Crippen molar-refractivity contribution in [2.24, 2.45) is 5.92 Å². The van der Waals surface area contributed by atoms with Gasteiger partial charge in [0.25, 0.3) is 0 Å². The topological polar surface area (TPSA) is 71.3 Å². The van der Waals surface area contributed by atoms with Crippen molar-refractivity contribution >= 4 is 11.5 Å². The quantitative estimate of drug-likeness (QED) is 0.651. The minimum atomic E-state index is -0.442. The Kier molecular flexibility index (Phi) is 4.68. The number of anilines is 1. The highest BCUT2D eigenvalue weighted by molar-refractivity contribution is 5.56. The molecule has 6 nitrogen and oxygen atoms in total. The lowest BCUT2D eigenvalue weighted by atomic mass is 9.97. The minimum Gasteiger partial charge on any atom is -0.378 e. The fourth-order valence-electron chi connectivity index (χ4n) is 2.44. The standard InChI is InChI=1S/C13H20N4O2/c1-2-16-8-5-11(6-9-16)10-15-12-4-3-7-14-13(12)17(18)19/h3-4,7,11,15H,2,5-6,8-10H2,1H3. The highest BCUT2D eigenvalue weighted by Gasteiger charge is 2.19. The molecule has 0 aliphatic carbocycles. The molecule has 1 N–H and O–H groups in total. The van der Waals surface area contributed by atoms with Gasteiger partial charge in [-0.2, -0.15) is 0 Å². The molecule has 1 aromatic rings. The number of nitrogens with one attached hydrogen (secondary N) is 1. The Morgan fingerprint density at radius 2 is 2.26 bits per heavy atom. The summed E-state index contributed by atoms with van der Waals surface area (Å²) in [5.74, 6) is 0.496. The van der Waals surface area contributed by atoms with Crippen LogP contribution in [0.15, 0.2) is 18.3 Å². The van der Waals surface area contributed by atoms with Gasteiger partial charge >= 0.3 is 5.82 Å². The van der Waals surface area contributed by atoms with E-state index in [1.165, 1.54) is 6.20 Å². The Balaban J connectivity index is 1.88. The monoisotopic (exact) mass is 264 g/mol. The molecule has 1 fully saturated rings. The van der Waals surface area contributed by atoms with Crippen LogP contribution in [0.2, 0.25) is 0 Å². The van der Waals surface area contributed by atoms with Gasteiger partial charge in [0.1, 0.15) is 11.9 Å². The molecule has 0 unspecified atom stereocenters. The van der Waals surface area contributed by atoms with Crippen LogP contribution in [0.5, 0.6) is 0 Å². The average molecular weight is 264 g/mol. The van der Waals surface area contributed by atoms with Crippen LogP contribution in [0, 0.1) is 16.0 Å². The Bertz CT molecular complexity index is 430. The van der Waals surface area contributed by atoms with Crippen LogP contribution in [-0.4, -0.2) is 41.0 Å². The lowest BCUT2D eigenvalue weighted by molar-refractivity contribution is -0.388. The molecule has 0 atom stereocenters. The minimum absolute atomic E-state index is 0.0894. The van der Waals surface area contributed by atoms with Crippen molar-refractivity contribution in [2.45, 2.75) is 19.8 Å². The number of nitro groups is 1. The molecule has 104 valence electrons. The second-order valence-electron chi connectivity index (χ2n) is 4.89. The second kappa shape index (κ2) is 6.47. The molecule has 19 heavy (non-hydrogen) atoms. The van der Waals surface area contributed by atoms with Crippen molar-refractivity contribution in [3.8, 4) is 0 Å². The van der Waals surface area contributed by atoms with Gasteiger partial charge in [-0.3, -0.25) is 0 Å². The van der Waals surface area contributed by atoms with Gasteiger partial charge in [0, 0.05) is 6.54 Å². The Morgan fingerprint density at radius 3 is 2.89 bits per heavy atom. The number of rotatable bonds is 5. The molecule has 0 spiro atoms. The number of piperidine rings is 1. The first kappa shape index (κ1) is 13.7. The SMILES string of the molecule is CCN1CCC(CNc2cccnc2[N+](=O)[O-])CC1. The molecule has 1 aliphatic heterocycles. The molecular weight excluding hydrogens is 244 g/mol. The Morgan fingerprint density at radius 1 is 1.53 bits per heavy atom. The Labute approximate surface area is 113 Å². The molecule has 0 saturated carbocycles. The van der Waals surface area contributed by atoms with Crippen molar-refractivity contribution in [3.05, 3.63) is 28.4 Å². The van der Waals surface area contributed by atoms with Crippen LogP contribution in [0.25, 0.3) is 0 Å². The van der Waals surface area contributed by atoms with Crippen molar-refractivity contribution in [3.63, 3.8) is 0 Å². The summed E-state index contributed by atoms with van der Waals surface area (Å²) < 4.78 is 0. The zero-order valence-corrected chi connectivity index (χ0v) is 11.2. The number of pyridine rings is 1. The van der Waals surface area contributed by atoms with E-state index in [2.05, 4.69) is 22.1 Å². The maximum absolute atomic E-state index is 10.9. The van der Waals surface area contributed by atoms with Gasteiger partial charge in [0.2, 0.25) is 0 Å². The van der Waals surface area contributed by atoms with Crippen molar-refractivity contribution in [2.75, 3.05) is 31.5 Å². The van der Waals surface area contributed by atoms with E-state index >= 15 is 0 Å². The fraction of sp³-hybridized carbons (Fsp3) is 0.615. The molecule has 0 bridgehead atoms. The van der Waals surface area contributed by atoms with E-state index < -0.39 is 4.92 Å². The highest BCUT2D eigenvalue weighted by atomic mass is 16.6. The number of hydrogen-bond donors (Lipinski definition) is 1. The zero-order chi connectivity index (χ0) is 13.7. The van der Waals surface area contributed by atoms with Crippen molar-refractivity contribution < 1.29 is 4.92 Å². The smallest absolute Gasteiger partial charge is 0.378 e. The van der Waals surface area contributed by atoms with E-state index in [-0.39, 0.29) is 5.82 Å². The fourth-order valence-corrected chi connectivity index (χ4v) is 2.44. The summed E-state index contributed by atoms with van der Waals surface area (Å²) in [6.07, 6.45) is 3.74. The van der Waals surface area contributed by atoms with Gasteiger partial charge in [-0.1, -0.05) is 6.92 Å². The predicted molar refractivity (Wildman–Crippen MR) is 74.2 cm³/mol. The molecule has 6 heteroatoms. The summed E-state index contributed by atoms with van der Waals surface area (Å²) in [7, 11) is 0. The van der Waals surface area contributed by atoms with Crippen LogP contribution in [0.1, 0.15) is 19.8 Å². The molecule has 0 amide bonds. The summed E-state index contributed by atoms with van der Waals surface area (Å²) in [6, 6.07) is 3.43. The number of nitrogens with zero attached hydrogens (tertiary/aromatic N) is 3. The van der Waals surface area contributed by atoms with E-state index in [4.69, 9.17) is 0 Å². The summed E-state index contributed by atoms with van der Waals surface area (Å²) in [6.45, 7) is 6.31. The lowest BCUT2D eigenvalue weighted by Gasteiger charge is -2.31. The van der Waals surface area contributed by atoms with Crippen LogP contribution < -0.4 is 5.32 Å². The second-order valence-corrected chi connectivity index (χ2v) is 4.89. The van der Waals surface area contributed by atoms with E-state index in [1.807, 2.05) is 0 Å². The van der Waals surface area contributed by atoms with Gasteiger partial charge < -0.3 is 20.3 Å². The van der Waals surface area contributed by atoms with Crippen LogP contribution in [-0.2, 0) is 0 Å². The zero-order valence-electron chi connectivity index (χ0n) is 11.2. The maximum Gasteiger partial charge on any atom is 0.386 e. The van der Waals surface area contributed by atoms with Crippen molar-refractivity contribution in [1.82, 2.24) is 9.88 Å². The van der Waals surface area contributed by atoms with E-state index in [0.29, 0.717) is 11.6 Å². The molecule has 0 aromatic carbocycles. The van der Waals surface area contributed by atoms with E-state index in [9.17, 15) is 10.1 Å². The molecule has 2 rings (SSSR count). The highest BCUT2D eigenvalue weighted by Crippen LogP contribution is 2.22.